The van der Waals surface area contributed by atoms with Crippen LogP contribution in [0.3, 0.4) is 0 Å². The molecule has 1 N–H and O–H groups in total. The van der Waals surface area contributed by atoms with Crippen molar-refractivity contribution >= 4 is 21.0 Å². The van der Waals surface area contributed by atoms with Gasteiger partial charge in [0.15, 0.2) is 5.84 Å². The van der Waals surface area contributed by atoms with Crippen molar-refractivity contribution in [2.24, 2.45) is 15.3 Å². The Labute approximate surface area is 49.8 Å². The molecule has 0 aromatic carbocycles. The Morgan fingerprint density at radius 2 is 2.38 bits per heavy atom. The Bertz CT molecular complexity index is 127. The Kier molecular flexibility index (Phi) is 4.17. The molecule has 1 unspecified atom stereocenters. The van der Waals surface area contributed by atoms with Gasteiger partial charge in [0.2, 0.25) is 0 Å². The fourth-order valence-corrected chi connectivity index (χ4v) is 0.206. The summed E-state index contributed by atoms with van der Waals surface area (Å²) in [5.41, 5.74) is 6.40. The van der Waals surface area contributed by atoms with E-state index in [1.165, 1.54) is 5.96 Å². The third-order valence-electron chi connectivity index (χ3n) is 0.431. The molecule has 0 aliphatic carbocycles. The van der Waals surface area contributed by atoms with Crippen molar-refractivity contribution < 1.29 is 0 Å². The average molecular weight is 130 g/mol. The monoisotopic (exact) mass is 130 g/mol. The van der Waals surface area contributed by atoms with Crippen molar-refractivity contribution in [2.75, 3.05) is 0 Å². The topological polar surface area (TPSA) is 60.9 Å². The maximum absolute atomic E-state index is 6.40. The average Bonchev–Trinajstić information content (AvgIpc) is 1.83. The lowest BCUT2D eigenvalue weighted by molar-refractivity contribution is 1.13. The minimum Gasteiger partial charge on any atom is -0.203 e. The molecule has 4 nitrogen and oxygen atoms in total. The van der Waals surface area contributed by atoms with E-state index < -0.39 is 0 Å². The molecular weight excluding hydrogens is 123 g/mol. The van der Waals surface area contributed by atoms with E-state index in [1.54, 1.807) is 6.92 Å². The van der Waals surface area contributed by atoms with Gasteiger partial charge in [0.1, 0.15) is 0 Å². The zero-order valence-electron chi connectivity index (χ0n) is 4.50. The predicted molar refractivity (Wildman–Crippen MR) is 36.5 cm³/mol. The molecule has 0 aliphatic rings. The summed E-state index contributed by atoms with van der Waals surface area (Å²) in [6, 6.07) is 0. The quantitative estimate of drug-likeness (QED) is 0.182. The fourth-order valence-electron chi connectivity index (χ4n) is 0.139. The van der Waals surface area contributed by atoms with Gasteiger partial charge in [-0.2, -0.15) is 5.10 Å². The van der Waals surface area contributed by atoms with Gasteiger partial charge < -0.3 is 0 Å². The van der Waals surface area contributed by atoms with Gasteiger partial charge in [-0.1, -0.05) is 9.24 Å². The molecule has 0 fully saturated rings. The second kappa shape index (κ2) is 4.53. The molecule has 0 saturated heterocycles. The molecular formula is C3H7N4P. The fraction of sp³-hybridized carbons (Fsp3) is 0.333. The van der Waals surface area contributed by atoms with Gasteiger partial charge >= 0.3 is 0 Å². The number of nitrogens with zero attached hydrogens (tertiary/aromatic N) is 3. The minimum absolute atomic E-state index is 0.351. The molecule has 0 rings (SSSR count). The second-order valence-electron chi connectivity index (χ2n) is 1.02. The summed E-state index contributed by atoms with van der Waals surface area (Å²) in [5.74, 6) is 1.80. The van der Waals surface area contributed by atoms with Gasteiger partial charge in [-0.25, -0.2) is 5.53 Å². The summed E-state index contributed by atoms with van der Waals surface area (Å²) >= 11 is 0. The summed E-state index contributed by atoms with van der Waals surface area (Å²) in [6.45, 7) is 1.60. The number of hydrogen-bond donors (Lipinski definition) is 1. The normalized spacial score (nSPS) is 12.5. The highest BCUT2D eigenvalue weighted by Gasteiger charge is 1.76. The van der Waals surface area contributed by atoms with Gasteiger partial charge in [0.05, 0.1) is 0 Å². The van der Waals surface area contributed by atoms with Crippen molar-refractivity contribution in [3.8, 4) is 0 Å². The predicted octanol–water partition coefficient (Wildman–Crippen LogP) is 1.25. The highest BCUT2D eigenvalue weighted by atomic mass is 31.0. The Balaban J connectivity index is 3.74. The number of amidine groups is 1. The van der Waals surface area contributed by atoms with E-state index in [0.29, 0.717) is 5.84 Å². The third kappa shape index (κ3) is 3.56. The third-order valence-corrected chi connectivity index (χ3v) is 0.564. The molecule has 8 heavy (non-hydrogen) atoms. The summed E-state index contributed by atoms with van der Waals surface area (Å²) in [6.07, 6.45) is 0. The van der Waals surface area contributed by atoms with Gasteiger partial charge in [0, 0.05) is 5.96 Å². The first-order valence-corrected chi connectivity index (χ1v) is 2.63. The van der Waals surface area contributed by atoms with E-state index in [0.717, 1.165) is 0 Å². The van der Waals surface area contributed by atoms with E-state index in [4.69, 9.17) is 5.53 Å². The van der Waals surface area contributed by atoms with Crippen molar-refractivity contribution in [1.82, 2.24) is 0 Å². The van der Waals surface area contributed by atoms with E-state index in [1.807, 2.05) is 0 Å². The SMILES string of the molecule is CC(N=N)=NN=CP. The lowest BCUT2D eigenvalue weighted by atomic mass is 10.7. The highest BCUT2D eigenvalue weighted by molar-refractivity contribution is 7.36. The smallest absolute Gasteiger partial charge is 0.169 e. The first kappa shape index (κ1) is 7.37. The molecule has 0 saturated carbocycles. The van der Waals surface area contributed by atoms with Crippen LogP contribution in [0, 0.1) is 5.53 Å². The van der Waals surface area contributed by atoms with Crippen LogP contribution in [0.5, 0.6) is 0 Å². The van der Waals surface area contributed by atoms with Gasteiger partial charge in [0.25, 0.3) is 0 Å². The summed E-state index contributed by atoms with van der Waals surface area (Å²) in [7, 11) is 2.26. The molecule has 5 heteroatoms. The van der Waals surface area contributed by atoms with Crippen molar-refractivity contribution in [1.29, 1.82) is 5.53 Å². The van der Waals surface area contributed by atoms with Crippen molar-refractivity contribution in [3.05, 3.63) is 0 Å². The molecule has 0 amide bonds. The molecule has 1 atom stereocenters. The molecule has 0 aromatic heterocycles. The maximum atomic E-state index is 6.40. The maximum Gasteiger partial charge on any atom is 0.169 e. The van der Waals surface area contributed by atoms with E-state index in [2.05, 4.69) is 24.6 Å². The Morgan fingerprint density at radius 3 is 2.75 bits per heavy atom. The van der Waals surface area contributed by atoms with Crippen molar-refractivity contribution in [2.45, 2.75) is 6.92 Å². The second-order valence-corrected chi connectivity index (χ2v) is 1.32. The molecule has 0 spiro atoms. The Hall–Kier alpha value is -0.630. The van der Waals surface area contributed by atoms with Crippen LogP contribution in [0.25, 0.3) is 0 Å². The largest absolute Gasteiger partial charge is 0.203 e. The summed E-state index contributed by atoms with van der Waals surface area (Å²) in [4.78, 5) is 0. The summed E-state index contributed by atoms with van der Waals surface area (Å²) < 4.78 is 0. The number of rotatable bonds is 1. The standard InChI is InChI=1S/C3H7N4P/c1-3(6-4)7-5-2-8/h2,4H,8H2,1H3. The van der Waals surface area contributed by atoms with Crippen LogP contribution >= 0.6 is 9.24 Å². The lowest BCUT2D eigenvalue weighted by Crippen LogP contribution is -1.77. The van der Waals surface area contributed by atoms with E-state index >= 15 is 0 Å². The van der Waals surface area contributed by atoms with Crippen LogP contribution < -0.4 is 0 Å². The van der Waals surface area contributed by atoms with Crippen LogP contribution in [0.1, 0.15) is 6.92 Å². The molecule has 0 bridgehead atoms. The van der Waals surface area contributed by atoms with Crippen LogP contribution in [0.15, 0.2) is 15.3 Å². The van der Waals surface area contributed by atoms with Gasteiger partial charge in [-0.3, -0.25) is 0 Å². The van der Waals surface area contributed by atoms with Crippen LogP contribution in [-0.4, -0.2) is 11.8 Å². The minimum atomic E-state index is 0.351. The van der Waals surface area contributed by atoms with Gasteiger partial charge in [-0.15, -0.1) is 10.2 Å². The number of nitrogens with one attached hydrogen (secondary N) is 1. The summed E-state index contributed by atoms with van der Waals surface area (Å²) in [5, 5.41) is 9.93. The molecule has 0 aromatic rings. The first-order valence-electron chi connectivity index (χ1n) is 1.96. The molecule has 0 radical (unpaired) electrons. The van der Waals surface area contributed by atoms with E-state index in [-0.39, 0.29) is 0 Å². The molecule has 44 valence electrons. The first-order chi connectivity index (χ1) is 3.81. The van der Waals surface area contributed by atoms with Gasteiger partial charge in [-0.05, 0) is 6.92 Å². The lowest BCUT2D eigenvalue weighted by Gasteiger charge is -1.77. The molecule has 0 heterocycles. The zero-order valence-corrected chi connectivity index (χ0v) is 5.65. The van der Waals surface area contributed by atoms with Crippen LogP contribution in [0.2, 0.25) is 0 Å². The zero-order chi connectivity index (χ0) is 6.41. The van der Waals surface area contributed by atoms with Crippen LogP contribution in [0.4, 0.5) is 0 Å². The van der Waals surface area contributed by atoms with E-state index in [9.17, 15) is 0 Å². The highest BCUT2D eigenvalue weighted by Crippen LogP contribution is 1.80. The Morgan fingerprint density at radius 1 is 1.75 bits per heavy atom. The molecule has 0 aliphatic heterocycles. The number of hydrogen-bond acceptors (Lipinski definition) is 3. The van der Waals surface area contributed by atoms with Crippen molar-refractivity contribution in [3.63, 3.8) is 0 Å². The van der Waals surface area contributed by atoms with Crippen LogP contribution in [-0.2, 0) is 0 Å².